The van der Waals surface area contributed by atoms with Crippen molar-refractivity contribution in [1.29, 1.82) is 0 Å². The van der Waals surface area contributed by atoms with Crippen LogP contribution in [0.15, 0.2) is 18.2 Å². The lowest BCUT2D eigenvalue weighted by atomic mass is 10.1. The first-order valence-electron chi connectivity index (χ1n) is 6.77. The van der Waals surface area contributed by atoms with Gasteiger partial charge in [0.2, 0.25) is 0 Å². The molecule has 0 bridgehead atoms. The molecule has 0 unspecified atom stereocenters. The van der Waals surface area contributed by atoms with E-state index in [0.717, 1.165) is 32.0 Å². The number of hydrogen-bond acceptors (Lipinski definition) is 3. The van der Waals surface area contributed by atoms with Crippen molar-refractivity contribution in [3.63, 3.8) is 0 Å². The molecule has 1 aliphatic rings. The van der Waals surface area contributed by atoms with E-state index in [1.807, 2.05) is 0 Å². The number of urea groups is 1. The molecule has 6 nitrogen and oxygen atoms in total. The first kappa shape index (κ1) is 15.2. The summed E-state index contributed by atoms with van der Waals surface area (Å²) in [5, 5.41) is 14.7. The Labute approximate surface area is 121 Å². The summed E-state index contributed by atoms with van der Waals surface area (Å²) < 4.78 is 13.6. The molecule has 1 aliphatic heterocycles. The van der Waals surface area contributed by atoms with Crippen molar-refractivity contribution in [2.24, 2.45) is 0 Å². The van der Waals surface area contributed by atoms with Crippen molar-refractivity contribution < 1.29 is 19.1 Å². The van der Waals surface area contributed by atoms with Crippen LogP contribution in [0.3, 0.4) is 0 Å². The van der Waals surface area contributed by atoms with Crippen LogP contribution in [-0.2, 0) is 0 Å². The number of carbonyl (C=O) groups excluding carboxylic acids is 1. The van der Waals surface area contributed by atoms with Crippen LogP contribution in [-0.4, -0.2) is 48.2 Å². The minimum Gasteiger partial charge on any atom is -0.478 e. The fraction of sp³-hybridized carbons (Fsp3) is 0.429. The fourth-order valence-electron chi connectivity index (χ4n) is 2.41. The highest BCUT2D eigenvalue weighted by atomic mass is 19.1. The molecular weight excluding hydrogens is 277 g/mol. The molecule has 0 aliphatic carbocycles. The summed E-state index contributed by atoms with van der Waals surface area (Å²) in [6.45, 7) is 1.67. The highest BCUT2D eigenvalue weighted by Crippen LogP contribution is 2.20. The number of benzene rings is 1. The van der Waals surface area contributed by atoms with E-state index >= 15 is 0 Å². The number of amides is 2. The van der Waals surface area contributed by atoms with Crippen LogP contribution >= 0.6 is 0 Å². The van der Waals surface area contributed by atoms with E-state index in [2.05, 4.69) is 10.6 Å². The molecular formula is C14H18FN3O3. The van der Waals surface area contributed by atoms with E-state index in [0.29, 0.717) is 0 Å². The van der Waals surface area contributed by atoms with Gasteiger partial charge in [-0.3, -0.25) is 0 Å². The quantitative estimate of drug-likeness (QED) is 0.793. The molecule has 1 aromatic carbocycles. The van der Waals surface area contributed by atoms with Gasteiger partial charge in [0.05, 0.1) is 5.69 Å². The normalized spacial score (nSPS) is 15.5. The predicted molar refractivity (Wildman–Crippen MR) is 76.0 cm³/mol. The van der Waals surface area contributed by atoms with E-state index in [9.17, 15) is 14.0 Å². The molecule has 0 saturated carbocycles. The van der Waals surface area contributed by atoms with Crippen molar-refractivity contribution in [2.75, 3.05) is 25.5 Å². The monoisotopic (exact) mass is 295 g/mol. The summed E-state index contributed by atoms with van der Waals surface area (Å²) in [6.07, 6.45) is 1.66. The van der Waals surface area contributed by atoms with Gasteiger partial charge in [-0.2, -0.15) is 0 Å². The second kappa shape index (κ2) is 6.53. The summed E-state index contributed by atoms with van der Waals surface area (Å²) in [7, 11) is 1.66. The molecule has 0 radical (unpaired) electrons. The van der Waals surface area contributed by atoms with Gasteiger partial charge in [-0.05, 0) is 38.1 Å². The molecule has 1 fully saturated rings. The Bertz CT molecular complexity index is 544. The van der Waals surface area contributed by atoms with Crippen molar-refractivity contribution >= 4 is 17.7 Å². The largest absolute Gasteiger partial charge is 0.478 e. The third kappa shape index (κ3) is 3.49. The SMILES string of the molecule is CN(C(=O)Nc1cccc(F)c1C(=O)O)C1CCNCC1. The van der Waals surface area contributed by atoms with Crippen molar-refractivity contribution in [3.8, 4) is 0 Å². The lowest BCUT2D eigenvalue weighted by molar-refractivity contribution is 0.0693. The lowest BCUT2D eigenvalue weighted by Crippen LogP contribution is -2.45. The van der Waals surface area contributed by atoms with E-state index in [-0.39, 0.29) is 11.7 Å². The average Bonchev–Trinajstić information content (AvgIpc) is 2.47. The Hall–Kier alpha value is -2.15. The lowest BCUT2D eigenvalue weighted by Gasteiger charge is -2.31. The maximum atomic E-state index is 13.6. The molecule has 0 spiro atoms. The standard InChI is InChI=1S/C14H18FN3O3/c1-18(9-5-7-16-8-6-9)14(21)17-11-4-2-3-10(15)12(11)13(19)20/h2-4,9,16H,5-8H2,1H3,(H,17,21)(H,19,20). The Kier molecular flexibility index (Phi) is 4.74. The number of aromatic carboxylic acids is 1. The maximum Gasteiger partial charge on any atom is 0.340 e. The zero-order chi connectivity index (χ0) is 15.4. The molecule has 1 aromatic rings. The van der Waals surface area contributed by atoms with Crippen LogP contribution in [0.4, 0.5) is 14.9 Å². The van der Waals surface area contributed by atoms with E-state index in [1.165, 1.54) is 17.0 Å². The summed E-state index contributed by atoms with van der Waals surface area (Å²) in [5.41, 5.74) is -0.558. The minimum atomic E-state index is -1.41. The molecule has 1 saturated heterocycles. The highest BCUT2D eigenvalue weighted by Gasteiger charge is 2.24. The van der Waals surface area contributed by atoms with Gasteiger partial charge >= 0.3 is 12.0 Å². The predicted octanol–water partition coefficient (Wildman–Crippen LogP) is 1.74. The number of nitrogens with zero attached hydrogens (tertiary/aromatic N) is 1. The van der Waals surface area contributed by atoms with Crippen LogP contribution < -0.4 is 10.6 Å². The van der Waals surface area contributed by atoms with E-state index in [1.54, 1.807) is 7.05 Å². The van der Waals surface area contributed by atoms with Gasteiger partial charge in [-0.1, -0.05) is 6.07 Å². The summed E-state index contributed by atoms with van der Waals surface area (Å²) in [5.74, 6) is -2.28. The Morgan fingerprint density at radius 2 is 2.05 bits per heavy atom. The first-order valence-corrected chi connectivity index (χ1v) is 6.77. The van der Waals surface area contributed by atoms with Crippen LogP contribution in [0.25, 0.3) is 0 Å². The van der Waals surface area contributed by atoms with E-state index < -0.39 is 23.4 Å². The molecule has 114 valence electrons. The highest BCUT2D eigenvalue weighted by molar-refractivity contribution is 6.00. The molecule has 0 aromatic heterocycles. The smallest absolute Gasteiger partial charge is 0.340 e. The minimum absolute atomic E-state index is 0.0340. The third-order valence-electron chi connectivity index (χ3n) is 3.65. The number of carboxylic acid groups (broad SMARTS) is 1. The summed E-state index contributed by atoms with van der Waals surface area (Å²) >= 11 is 0. The molecule has 2 amide bonds. The first-order chi connectivity index (χ1) is 10.0. The topological polar surface area (TPSA) is 81.7 Å². The van der Waals surface area contributed by atoms with Gasteiger partial charge in [0.1, 0.15) is 11.4 Å². The van der Waals surface area contributed by atoms with Crippen LogP contribution in [0.1, 0.15) is 23.2 Å². The number of carboxylic acids is 1. The Balaban J connectivity index is 2.12. The van der Waals surface area contributed by atoms with Crippen molar-refractivity contribution in [3.05, 3.63) is 29.6 Å². The zero-order valence-electron chi connectivity index (χ0n) is 11.7. The van der Waals surface area contributed by atoms with E-state index in [4.69, 9.17) is 5.11 Å². The maximum absolute atomic E-state index is 13.6. The second-order valence-electron chi connectivity index (χ2n) is 4.99. The molecule has 2 rings (SSSR count). The Morgan fingerprint density at radius 1 is 1.38 bits per heavy atom. The van der Waals surface area contributed by atoms with Crippen molar-refractivity contribution in [1.82, 2.24) is 10.2 Å². The van der Waals surface area contributed by atoms with Gasteiger partial charge in [-0.15, -0.1) is 0 Å². The third-order valence-corrected chi connectivity index (χ3v) is 3.65. The summed E-state index contributed by atoms with van der Waals surface area (Å²) in [6, 6.07) is 3.45. The molecule has 0 atom stereocenters. The van der Waals surface area contributed by atoms with Gasteiger partial charge in [0.15, 0.2) is 0 Å². The van der Waals surface area contributed by atoms with Gasteiger partial charge in [-0.25, -0.2) is 14.0 Å². The average molecular weight is 295 g/mol. The molecule has 21 heavy (non-hydrogen) atoms. The molecule has 7 heteroatoms. The van der Waals surface area contributed by atoms with Gasteiger partial charge in [0, 0.05) is 13.1 Å². The number of halogens is 1. The number of rotatable bonds is 3. The molecule has 3 N–H and O–H groups in total. The van der Waals surface area contributed by atoms with Gasteiger partial charge in [0.25, 0.3) is 0 Å². The number of carbonyl (C=O) groups is 2. The van der Waals surface area contributed by atoms with Crippen LogP contribution in [0, 0.1) is 5.82 Å². The second-order valence-corrected chi connectivity index (χ2v) is 4.99. The fourth-order valence-corrected chi connectivity index (χ4v) is 2.41. The van der Waals surface area contributed by atoms with Crippen LogP contribution in [0.2, 0.25) is 0 Å². The summed E-state index contributed by atoms with van der Waals surface area (Å²) in [4.78, 5) is 24.8. The number of anilines is 1. The van der Waals surface area contributed by atoms with Crippen LogP contribution in [0.5, 0.6) is 0 Å². The number of nitrogens with one attached hydrogen (secondary N) is 2. The number of hydrogen-bond donors (Lipinski definition) is 3. The van der Waals surface area contributed by atoms with Gasteiger partial charge < -0.3 is 20.6 Å². The zero-order valence-corrected chi connectivity index (χ0v) is 11.7. The molecule has 1 heterocycles. The van der Waals surface area contributed by atoms with Crippen molar-refractivity contribution in [2.45, 2.75) is 18.9 Å². The Morgan fingerprint density at radius 3 is 2.67 bits per heavy atom. The number of piperidine rings is 1.